The van der Waals surface area contributed by atoms with Gasteiger partial charge in [-0.3, -0.25) is 0 Å². The predicted molar refractivity (Wildman–Crippen MR) is 184 cm³/mol. The summed E-state index contributed by atoms with van der Waals surface area (Å²) in [6.07, 6.45) is 8.72. The Morgan fingerprint density at radius 2 is 1.16 bits per heavy atom. The number of fused-ring (bicyclic) bond motifs is 3. The van der Waals surface area contributed by atoms with Crippen molar-refractivity contribution in [2.45, 2.75) is 12.8 Å². The van der Waals surface area contributed by atoms with Gasteiger partial charge in [-0.15, -0.1) is 11.3 Å². The van der Waals surface area contributed by atoms with Gasteiger partial charge in [-0.05, 0) is 75.8 Å². The van der Waals surface area contributed by atoms with Gasteiger partial charge in [-0.1, -0.05) is 103 Å². The van der Waals surface area contributed by atoms with E-state index in [0.717, 1.165) is 46.8 Å². The predicted octanol–water partition coefficient (Wildman–Crippen LogP) is 11.3. The van der Waals surface area contributed by atoms with Crippen LogP contribution in [-0.2, 0) is 0 Å². The second-order valence-corrected chi connectivity index (χ2v) is 12.4. The number of rotatable bonds is 4. The first-order chi connectivity index (χ1) is 21.3. The zero-order chi connectivity index (χ0) is 28.3. The van der Waals surface area contributed by atoms with Crippen LogP contribution in [-0.4, -0.2) is 9.97 Å². The summed E-state index contributed by atoms with van der Waals surface area (Å²) < 4.78 is 2.70. The minimum atomic E-state index is 0.776. The van der Waals surface area contributed by atoms with Crippen LogP contribution in [0.4, 0.5) is 0 Å². The maximum Gasteiger partial charge on any atom is 0.160 e. The minimum absolute atomic E-state index is 0.776. The van der Waals surface area contributed by atoms with Crippen molar-refractivity contribution in [2.24, 2.45) is 0 Å². The van der Waals surface area contributed by atoms with Crippen LogP contribution in [0.5, 0.6) is 0 Å². The van der Waals surface area contributed by atoms with Gasteiger partial charge >= 0.3 is 0 Å². The van der Waals surface area contributed by atoms with Gasteiger partial charge in [-0.2, -0.15) is 0 Å². The van der Waals surface area contributed by atoms with E-state index in [1.807, 2.05) is 11.3 Å². The molecule has 1 aliphatic carbocycles. The minimum Gasteiger partial charge on any atom is -0.228 e. The summed E-state index contributed by atoms with van der Waals surface area (Å²) in [6.45, 7) is 0. The Labute approximate surface area is 253 Å². The number of thiophene rings is 1. The Morgan fingerprint density at radius 3 is 1.91 bits per heavy atom. The van der Waals surface area contributed by atoms with E-state index in [-0.39, 0.29) is 0 Å². The Morgan fingerprint density at radius 1 is 0.488 bits per heavy atom. The number of aromatic nitrogens is 2. The second kappa shape index (κ2) is 9.72. The van der Waals surface area contributed by atoms with E-state index in [0.29, 0.717) is 0 Å². The first-order valence-corrected chi connectivity index (χ1v) is 15.6. The zero-order valence-electron chi connectivity index (χ0n) is 23.4. The van der Waals surface area contributed by atoms with E-state index in [4.69, 9.17) is 9.97 Å². The van der Waals surface area contributed by atoms with E-state index < -0.39 is 0 Å². The molecular weight excluding hydrogens is 541 g/mol. The molecule has 0 aliphatic heterocycles. The van der Waals surface area contributed by atoms with Crippen molar-refractivity contribution in [3.8, 4) is 33.6 Å². The van der Waals surface area contributed by atoms with Crippen molar-refractivity contribution in [3.63, 3.8) is 0 Å². The summed E-state index contributed by atoms with van der Waals surface area (Å²) in [4.78, 5) is 10.3. The molecule has 0 fully saturated rings. The van der Waals surface area contributed by atoms with Crippen LogP contribution in [0.1, 0.15) is 18.7 Å². The van der Waals surface area contributed by atoms with Crippen molar-refractivity contribution in [3.05, 3.63) is 139 Å². The van der Waals surface area contributed by atoms with Crippen LogP contribution in [0.25, 0.3) is 80.9 Å². The average Bonchev–Trinajstić information content (AvgIpc) is 3.48. The van der Waals surface area contributed by atoms with Crippen molar-refractivity contribution >= 4 is 58.6 Å². The molecule has 2 aromatic heterocycles. The molecule has 0 radical (unpaired) electrons. The molecule has 2 nitrogen and oxygen atoms in total. The highest BCUT2D eigenvalue weighted by atomic mass is 32.1. The van der Waals surface area contributed by atoms with Crippen molar-refractivity contribution < 1.29 is 0 Å². The van der Waals surface area contributed by atoms with Gasteiger partial charge < -0.3 is 0 Å². The Balaban J connectivity index is 1.27. The molecule has 0 atom stereocenters. The third-order valence-corrected chi connectivity index (χ3v) is 9.78. The lowest BCUT2D eigenvalue weighted by Crippen LogP contribution is -2.00. The van der Waals surface area contributed by atoms with Crippen LogP contribution >= 0.6 is 11.3 Å². The van der Waals surface area contributed by atoms with Crippen LogP contribution in [0.3, 0.4) is 0 Å². The average molecular weight is 567 g/mol. The third kappa shape index (κ3) is 4.00. The Kier molecular flexibility index (Phi) is 5.53. The molecule has 6 aromatic carbocycles. The maximum atomic E-state index is 5.18. The van der Waals surface area contributed by atoms with E-state index in [1.54, 1.807) is 0 Å². The maximum absolute atomic E-state index is 5.18. The summed E-state index contributed by atoms with van der Waals surface area (Å²) in [5.41, 5.74) is 7.53. The molecule has 0 unspecified atom stereocenters. The highest BCUT2D eigenvalue weighted by molar-refractivity contribution is 7.26. The highest BCUT2D eigenvalue weighted by Gasteiger charge is 2.17. The van der Waals surface area contributed by atoms with Gasteiger partial charge in [0.15, 0.2) is 5.82 Å². The molecule has 0 spiro atoms. The van der Waals surface area contributed by atoms with Gasteiger partial charge in [0, 0.05) is 36.9 Å². The number of hydrogen-bond donors (Lipinski definition) is 0. The summed E-state index contributed by atoms with van der Waals surface area (Å²) >= 11 is 1.88. The molecule has 2 heterocycles. The normalized spacial score (nSPS) is 13.4. The molecule has 0 bridgehead atoms. The molecule has 43 heavy (non-hydrogen) atoms. The number of nitrogens with zero attached hydrogens (tertiary/aromatic N) is 2. The third-order valence-electron chi connectivity index (χ3n) is 8.66. The fourth-order valence-electron chi connectivity index (χ4n) is 6.62. The largest absolute Gasteiger partial charge is 0.228 e. The van der Waals surface area contributed by atoms with Gasteiger partial charge in [0.1, 0.15) is 0 Å². The van der Waals surface area contributed by atoms with Gasteiger partial charge in [0.05, 0.1) is 11.4 Å². The lowest BCUT2D eigenvalue weighted by atomic mass is 9.92. The topological polar surface area (TPSA) is 25.8 Å². The van der Waals surface area contributed by atoms with E-state index in [9.17, 15) is 0 Å². The van der Waals surface area contributed by atoms with E-state index >= 15 is 0 Å². The fourth-order valence-corrected chi connectivity index (χ4v) is 7.78. The molecule has 0 saturated carbocycles. The second-order valence-electron chi connectivity index (χ2n) is 11.3. The summed E-state index contributed by atoms with van der Waals surface area (Å²) in [5, 5.41) is 7.95. The smallest absolute Gasteiger partial charge is 0.160 e. The van der Waals surface area contributed by atoms with Gasteiger partial charge in [0.2, 0.25) is 0 Å². The Hall–Kier alpha value is -5.12. The Bertz CT molecular complexity index is 2390. The molecular formula is C40H26N2S. The fraction of sp³-hybridized carbons (Fsp3) is 0.0500. The zero-order valence-corrected chi connectivity index (χ0v) is 24.2. The van der Waals surface area contributed by atoms with Crippen molar-refractivity contribution in [2.75, 3.05) is 0 Å². The quantitative estimate of drug-likeness (QED) is 0.198. The monoisotopic (exact) mass is 566 g/mol. The summed E-state index contributed by atoms with van der Waals surface area (Å²) in [6, 6.07) is 41.6. The van der Waals surface area contributed by atoms with E-state index in [1.165, 1.54) is 52.8 Å². The number of allylic oxidation sites excluding steroid dienone is 4. The summed E-state index contributed by atoms with van der Waals surface area (Å²) in [7, 11) is 0. The lowest BCUT2D eigenvalue weighted by molar-refractivity contribution is 1.03. The molecule has 3 heteroatoms. The van der Waals surface area contributed by atoms with Crippen molar-refractivity contribution in [1.29, 1.82) is 0 Å². The number of hydrogen-bond acceptors (Lipinski definition) is 3. The summed E-state index contributed by atoms with van der Waals surface area (Å²) in [5.74, 6) is 0.776. The van der Waals surface area contributed by atoms with Crippen LogP contribution < -0.4 is 0 Å². The molecule has 0 N–H and O–H groups in total. The number of benzene rings is 6. The van der Waals surface area contributed by atoms with Gasteiger partial charge in [0.25, 0.3) is 0 Å². The van der Waals surface area contributed by atoms with E-state index in [2.05, 4.69) is 133 Å². The molecule has 0 saturated heterocycles. The molecule has 9 rings (SSSR count). The lowest BCUT2D eigenvalue weighted by Gasteiger charge is -2.14. The highest BCUT2D eigenvalue weighted by Crippen LogP contribution is 2.45. The molecule has 1 aliphatic rings. The molecule has 202 valence electrons. The SMILES string of the molecule is C1=CC(c2nc(-c3cccc(-c4ccccc4)c3)cc(-c3ccc4c(c3)c3cccc5sc6cccc4c6c53)n2)=CCC1. The van der Waals surface area contributed by atoms with Crippen LogP contribution in [0.2, 0.25) is 0 Å². The van der Waals surface area contributed by atoms with Crippen molar-refractivity contribution in [1.82, 2.24) is 9.97 Å². The first-order valence-electron chi connectivity index (χ1n) is 14.8. The van der Waals surface area contributed by atoms with Gasteiger partial charge in [-0.25, -0.2) is 9.97 Å². The van der Waals surface area contributed by atoms with Crippen LogP contribution in [0.15, 0.2) is 133 Å². The molecule has 8 aromatic rings. The first kappa shape index (κ1) is 24.5. The molecule has 0 amide bonds. The van der Waals surface area contributed by atoms with Crippen LogP contribution in [0, 0.1) is 0 Å². The standard InChI is InChI=1S/C40H26N2S/c1-3-10-25(11-4-1)27-14-7-15-28(22-27)34-24-35(42-40(41-34)26-12-5-2-6-13-26)29-20-21-30-31-16-8-18-36-38(31)39-32(33(30)23-29)17-9-19-37(39)43-36/h1,3-5,7-24H,2,6H2.